The van der Waals surface area contributed by atoms with Gasteiger partial charge in [-0.1, -0.05) is 15.9 Å². The van der Waals surface area contributed by atoms with Gasteiger partial charge in [0, 0.05) is 29.3 Å². The van der Waals surface area contributed by atoms with E-state index < -0.39 is 0 Å². The van der Waals surface area contributed by atoms with Crippen LogP contribution in [-0.4, -0.2) is 22.2 Å². The number of benzene rings is 1. The zero-order valence-corrected chi connectivity index (χ0v) is 12.4. The summed E-state index contributed by atoms with van der Waals surface area (Å²) < 4.78 is 2.86. The molecule has 0 atom stereocenters. The highest BCUT2D eigenvalue weighted by Crippen LogP contribution is 2.10. The SMILES string of the molecule is Cc1ccn(CCCNC(=O)c2ccc(Br)cc2)n1. The predicted octanol–water partition coefficient (Wildman–Crippen LogP) is 2.77. The Balaban J connectivity index is 1.73. The molecule has 2 rings (SSSR count). The first kappa shape index (κ1) is 13.8. The van der Waals surface area contributed by atoms with E-state index in [1.54, 1.807) is 12.1 Å². The lowest BCUT2D eigenvalue weighted by Crippen LogP contribution is -2.25. The largest absolute Gasteiger partial charge is 0.352 e. The van der Waals surface area contributed by atoms with E-state index in [0.717, 1.165) is 23.1 Å². The van der Waals surface area contributed by atoms with Crippen LogP contribution in [-0.2, 0) is 6.54 Å². The van der Waals surface area contributed by atoms with Crippen molar-refractivity contribution in [1.82, 2.24) is 15.1 Å². The van der Waals surface area contributed by atoms with Gasteiger partial charge in [0.15, 0.2) is 0 Å². The molecule has 2 aromatic rings. The van der Waals surface area contributed by atoms with E-state index in [4.69, 9.17) is 0 Å². The Morgan fingerprint density at radius 2 is 2.05 bits per heavy atom. The van der Waals surface area contributed by atoms with E-state index in [9.17, 15) is 4.79 Å². The molecule has 1 aromatic heterocycles. The van der Waals surface area contributed by atoms with Gasteiger partial charge in [0.25, 0.3) is 5.91 Å². The van der Waals surface area contributed by atoms with E-state index in [0.29, 0.717) is 12.1 Å². The normalized spacial score (nSPS) is 10.4. The summed E-state index contributed by atoms with van der Waals surface area (Å²) in [6.45, 7) is 3.42. The lowest BCUT2D eigenvalue weighted by atomic mass is 10.2. The summed E-state index contributed by atoms with van der Waals surface area (Å²) in [4.78, 5) is 11.8. The van der Waals surface area contributed by atoms with Crippen LogP contribution in [0.3, 0.4) is 0 Å². The maximum atomic E-state index is 11.8. The van der Waals surface area contributed by atoms with Crippen LogP contribution in [0.5, 0.6) is 0 Å². The maximum absolute atomic E-state index is 11.8. The van der Waals surface area contributed by atoms with Crippen molar-refractivity contribution in [2.75, 3.05) is 6.54 Å². The number of nitrogens with one attached hydrogen (secondary N) is 1. The number of hydrogen-bond acceptors (Lipinski definition) is 2. The third-order valence-corrected chi connectivity index (χ3v) is 3.26. The van der Waals surface area contributed by atoms with E-state index in [2.05, 4.69) is 26.3 Å². The average Bonchev–Trinajstić information content (AvgIpc) is 2.81. The third-order valence-electron chi connectivity index (χ3n) is 2.73. The first-order chi connectivity index (χ1) is 9.15. The molecule has 0 fully saturated rings. The molecule has 5 heteroatoms. The van der Waals surface area contributed by atoms with Crippen LogP contribution >= 0.6 is 15.9 Å². The molecule has 1 aromatic carbocycles. The smallest absolute Gasteiger partial charge is 0.251 e. The van der Waals surface area contributed by atoms with E-state index in [-0.39, 0.29) is 5.91 Å². The van der Waals surface area contributed by atoms with Crippen LogP contribution in [0.15, 0.2) is 41.0 Å². The molecule has 4 nitrogen and oxygen atoms in total. The highest BCUT2D eigenvalue weighted by atomic mass is 79.9. The summed E-state index contributed by atoms with van der Waals surface area (Å²) in [7, 11) is 0. The molecule has 0 aliphatic carbocycles. The Hall–Kier alpha value is -1.62. The standard InChI is InChI=1S/C14H16BrN3O/c1-11-7-10-18(17-11)9-2-8-16-14(19)12-3-5-13(15)6-4-12/h3-7,10H,2,8-9H2,1H3,(H,16,19). The van der Waals surface area contributed by atoms with E-state index in [1.807, 2.05) is 36.0 Å². The summed E-state index contributed by atoms with van der Waals surface area (Å²) in [5.41, 5.74) is 1.69. The van der Waals surface area contributed by atoms with Crippen molar-refractivity contribution in [2.45, 2.75) is 19.9 Å². The fourth-order valence-corrected chi connectivity index (χ4v) is 2.00. The second-order valence-corrected chi connectivity index (χ2v) is 5.25. The number of nitrogens with zero attached hydrogens (tertiary/aromatic N) is 2. The van der Waals surface area contributed by atoms with Gasteiger partial charge in [-0.25, -0.2) is 0 Å². The highest BCUT2D eigenvalue weighted by molar-refractivity contribution is 9.10. The van der Waals surface area contributed by atoms with E-state index in [1.165, 1.54) is 0 Å². The Labute approximate surface area is 120 Å². The molecule has 0 unspecified atom stereocenters. The van der Waals surface area contributed by atoms with Gasteiger partial charge in [-0.2, -0.15) is 5.10 Å². The number of hydrogen-bond donors (Lipinski definition) is 1. The fourth-order valence-electron chi connectivity index (χ4n) is 1.73. The van der Waals surface area contributed by atoms with Gasteiger partial charge in [0.1, 0.15) is 0 Å². The maximum Gasteiger partial charge on any atom is 0.251 e. The van der Waals surface area contributed by atoms with Crippen molar-refractivity contribution in [2.24, 2.45) is 0 Å². The second-order valence-electron chi connectivity index (χ2n) is 4.34. The fraction of sp³-hybridized carbons (Fsp3) is 0.286. The molecule has 1 amide bonds. The lowest BCUT2D eigenvalue weighted by molar-refractivity contribution is 0.0952. The van der Waals surface area contributed by atoms with Crippen LogP contribution in [0.2, 0.25) is 0 Å². The summed E-state index contributed by atoms with van der Waals surface area (Å²) >= 11 is 3.34. The third kappa shape index (κ3) is 4.21. The monoisotopic (exact) mass is 321 g/mol. The number of aromatic nitrogens is 2. The first-order valence-electron chi connectivity index (χ1n) is 6.19. The molecule has 0 saturated heterocycles. The molecule has 0 aliphatic rings. The summed E-state index contributed by atoms with van der Waals surface area (Å²) in [6, 6.07) is 9.30. The number of carbonyl (C=O) groups is 1. The summed E-state index contributed by atoms with van der Waals surface area (Å²) in [6.07, 6.45) is 2.81. The summed E-state index contributed by atoms with van der Waals surface area (Å²) in [5, 5.41) is 7.19. The molecule has 0 bridgehead atoms. The molecule has 19 heavy (non-hydrogen) atoms. The van der Waals surface area contributed by atoms with Crippen molar-refractivity contribution in [3.8, 4) is 0 Å². The molecule has 0 aliphatic heterocycles. The second kappa shape index (κ2) is 6.52. The Morgan fingerprint density at radius 3 is 2.68 bits per heavy atom. The average molecular weight is 322 g/mol. The number of halogens is 1. The molecular formula is C14H16BrN3O. The zero-order chi connectivity index (χ0) is 13.7. The van der Waals surface area contributed by atoms with E-state index >= 15 is 0 Å². The number of carbonyl (C=O) groups excluding carboxylic acids is 1. The van der Waals surface area contributed by atoms with Gasteiger partial charge in [0.2, 0.25) is 0 Å². The lowest BCUT2D eigenvalue weighted by Gasteiger charge is -2.05. The topological polar surface area (TPSA) is 46.9 Å². The minimum atomic E-state index is -0.0378. The van der Waals surface area contributed by atoms with Gasteiger partial charge in [0.05, 0.1) is 5.69 Å². The minimum Gasteiger partial charge on any atom is -0.352 e. The molecule has 0 radical (unpaired) electrons. The molecule has 1 heterocycles. The Kier molecular flexibility index (Phi) is 4.74. The Morgan fingerprint density at radius 1 is 1.32 bits per heavy atom. The highest BCUT2D eigenvalue weighted by Gasteiger charge is 2.04. The van der Waals surface area contributed by atoms with Crippen LogP contribution in [0.25, 0.3) is 0 Å². The number of amides is 1. The van der Waals surface area contributed by atoms with Crippen molar-refractivity contribution in [3.63, 3.8) is 0 Å². The molecule has 100 valence electrons. The molecule has 1 N–H and O–H groups in total. The van der Waals surface area contributed by atoms with Crippen LogP contribution in [0, 0.1) is 6.92 Å². The van der Waals surface area contributed by atoms with Gasteiger partial charge >= 0.3 is 0 Å². The van der Waals surface area contributed by atoms with Gasteiger partial charge in [-0.15, -0.1) is 0 Å². The van der Waals surface area contributed by atoms with Crippen LogP contribution in [0.1, 0.15) is 22.5 Å². The minimum absolute atomic E-state index is 0.0378. The molecule has 0 spiro atoms. The van der Waals surface area contributed by atoms with Crippen molar-refractivity contribution < 1.29 is 4.79 Å². The van der Waals surface area contributed by atoms with Crippen molar-refractivity contribution in [3.05, 3.63) is 52.3 Å². The zero-order valence-electron chi connectivity index (χ0n) is 10.8. The molecular weight excluding hydrogens is 306 g/mol. The number of aryl methyl sites for hydroxylation is 2. The van der Waals surface area contributed by atoms with Crippen LogP contribution < -0.4 is 5.32 Å². The van der Waals surface area contributed by atoms with Gasteiger partial charge < -0.3 is 5.32 Å². The van der Waals surface area contributed by atoms with Gasteiger partial charge in [-0.3, -0.25) is 9.48 Å². The van der Waals surface area contributed by atoms with Crippen molar-refractivity contribution >= 4 is 21.8 Å². The van der Waals surface area contributed by atoms with Gasteiger partial charge in [-0.05, 0) is 43.7 Å². The molecule has 0 saturated carbocycles. The van der Waals surface area contributed by atoms with Crippen molar-refractivity contribution in [1.29, 1.82) is 0 Å². The number of rotatable bonds is 5. The quantitative estimate of drug-likeness (QED) is 0.861. The summed E-state index contributed by atoms with van der Waals surface area (Å²) in [5.74, 6) is -0.0378. The first-order valence-corrected chi connectivity index (χ1v) is 6.98. The predicted molar refractivity (Wildman–Crippen MR) is 78.1 cm³/mol. The Bertz CT molecular complexity index is 548. The van der Waals surface area contributed by atoms with Crippen LogP contribution in [0.4, 0.5) is 0 Å².